The minimum atomic E-state index is -0.529. The molecule has 0 radical (unpaired) electrons. The van der Waals surface area contributed by atoms with Gasteiger partial charge in [0.05, 0.1) is 0 Å². The molecule has 4 nitrogen and oxygen atoms in total. The lowest BCUT2D eigenvalue weighted by atomic mass is 9.85. The SMILES string of the molecule is O=C1Nc2ccccc2CN(Cc2ccc(F)cc2)C12CCNCC2. The van der Waals surface area contributed by atoms with Crippen LogP contribution in [0.3, 0.4) is 0 Å². The van der Waals surface area contributed by atoms with Gasteiger partial charge in [0, 0.05) is 18.8 Å². The minimum Gasteiger partial charge on any atom is -0.324 e. The summed E-state index contributed by atoms with van der Waals surface area (Å²) in [7, 11) is 0. The summed E-state index contributed by atoms with van der Waals surface area (Å²) in [5, 5.41) is 6.49. The first kappa shape index (κ1) is 16.2. The van der Waals surface area contributed by atoms with Crippen LogP contribution in [-0.4, -0.2) is 29.4 Å². The quantitative estimate of drug-likeness (QED) is 0.884. The van der Waals surface area contributed by atoms with E-state index in [1.54, 1.807) is 12.1 Å². The van der Waals surface area contributed by atoms with Crippen molar-refractivity contribution in [2.45, 2.75) is 31.5 Å². The number of amides is 1. The molecule has 4 rings (SSSR count). The maximum absolute atomic E-state index is 13.3. The normalized spacial score (nSPS) is 20.0. The first-order valence-corrected chi connectivity index (χ1v) is 8.77. The Kier molecular flexibility index (Phi) is 4.27. The Labute approximate surface area is 147 Å². The van der Waals surface area contributed by atoms with Crippen LogP contribution in [-0.2, 0) is 17.9 Å². The van der Waals surface area contributed by atoms with Crippen molar-refractivity contribution in [1.82, 2.24) is 10.2 Å². The van der Waals surface area contributed by atoms with Crippen molar-refractivity contribution in [3.63, 3.8) is 0 Å². The topological polar surface area (TPSA) is 44.4 Å². The number of carbonyl (C=O) groups excluding carboxylic acids is 1. The maximum atomic E-state index is 13.3. The summed E-state index contributed by atoms with van der Waals surface area (Å²) in [6.45, 7) is 2.97. The molecule has 1 saturated heterocycles. The molecule has 1 spiro atoms. The van der Waals surface area contributed by atoms with E-state index in [1.807, 2.05) is 18.2 Å². The number of piperidine rings is 1. The van der Waals surface area contributed by atoms with Crippen LogP contribution >= 0.6 is 0 Å². The van der Waals surface area contributed by atoms with E-state index in [0.29, 0.717) is 13.1 Å². The highest BCUT2D eigenvalue weighted by Crippen LogP contribution is 2.35. The average molecular weight is 339 g/mol. The molecule has 2 aromatic carbocycles. The van der Waals surface area contributed by atoms with Gasteiger partial charge in [-0.3, -0.25) is 9.69 Å². The lowest BCUT2D eigenvalue weighted by molar-refractivity contribution is -0.130. The van der Waals surface area contributed by atoms with E-state index >= 15 is 0 Å². The predicted octanol–water partition coefficient (Wildman–Crippen LogP) is 2.90. The summed E-state index contributed by atoms with van der Waals surface area (Å²) >= 11 is 0. The number of carbonyl (C=O) groups is 1. The number of hydrogen-bond donors (Lipinski definition) is 2. The van der Waals surface area contributed by atoms with Crippen molar-refractivity contribution >= 4 is 11.6 Å². The Hall–Kier alpha value is -2.24. The number of rotatable bonds is 2. The molecule has 5 heteroatoms. The van der Waals surface area contributed by atoms with Gasteiger partial charge in [0.15, 0.2) is 0 Å². The van der Waals surface area contributed by atoms with Crippen molar-refractivity contribution in [2.75, 3.05) is 18.4 Å². The Morgan fingerprint density at radius 3 is 2.52 bits per heavy atom. The number of halogens is 1. The number of hydrogen-bond acceptors (Lipinski definition) is 3. The summed E-state index contributed by atoms with van der Waals surface area (Å²) in [5.74, 6) is -0.166. The molecule has 0 bridgehead atoms. The lowest BCUT2D eigenvalue weighted by Gasteiger charge is -2.44. The molecule has 0 aromatic heterocycles. The molecule has 25 heavy (non-hydrogen) atoms. The van der Waals surface area contributed by atoms with Crippen LogP contribution in [0.2, 0.25) is 0 Å². The number of benzene rings is 2. The van der Waals surface area contributed by atoms with Gasteiger partial charge in [-0.05, 0) is 55.3 Å². The molecule has 130 valence electrons. The van der Waals surface area contributed by atoms with Crippen LogP contribution < -0.4 is 10.6 Å². The van der Waals surface area contributed by atoms with Gasteiger partial charge < -0.3 is 10.6 Å². The van der Waals surface area contributed by atoms with Crippen LogP contribution in [0.4, 0.5) is 10.1 Å². The zero-order chi connectivity index (χ0) is 17.3. The fourth-order valence-electron chi connectivity index (χ4n) is 3.92. The number of para-hydroxylation sites is 1. The molecule has 1 fully saturated rings. The van der Waals surface area contributed by atoms with Crippen LogP contribution in [0.15, 0.2) is 48.5 Å². The number of fused-ring (bicyclic) bond motifs is 1. The highest BCUT2D eigenvalue weighted by atomic mass is 19.1. The van der Waals surface area contributed by atoms with Gasteiger partial charge in [0.25, 0.3) is 0 Å². The van der Waals surface area contributed by atoms with Crippen LogP contribution in [0.1, 0.15) is 24.0 Å². The predicted molar refractivity (Wildman–Crippen MR) is 95.6 cm³/mol. The van der Waals surface area contributed by atoms with E-state index in [-0.39, 0.29) is 11.7 Å². The van der Waals surface area contributed by atoms with Gasteiger partial charge in [-0.2, -0.15) is 0 Å². The molecule has 0 saturated carbocycles. The Balaban J connectivity index is 1.72. The molecule has 0 atom stereocenters. The summed E-state index contributed by atoms with van der Waals surface area (Å²) in [5.41, 5.74) is 2.51. The zero-order valence-corrected chi connectivity index (χ0v) is 14.1. The minimum absolute atomic E-state index is 0.0704. The number of nitrogens with zero attached hydrogens (tertiary/aromatic N) is 1. The molecule has 2 heterocycles. The third-order valence-electron chi connectivity index (χ3n) is 5.37. The number of nitrogens with one attached hydrogen (secondary N) is 2. The molecule has 0 aliphatic carbocycles. The van der Waals surface area contributed by atoms with Crippen LogP contribution in [0.25, 0.3) is 0 Å². The Bertz CT molecular complexity index is 769. The summed E-state index contributed by atoms with van der Waals surface area (Å²) in [4.78, 5) is 15.4. The van der Waals surface area contributed by atoms with Crippen molar-refractivity contribution in [2.24, 2.45) is 0 Å². The van der Waals surface area contributed by atoms with Gasteiger partial charge in [-0.25, -0.2) is 4.39 Å². The van der Waals surface area contributed by atoms with Gasteiger partial charge >= 0.3 is 0 Å². The zero-order valence-electron chi connectivity index (χ0n) is 14.1. The fourth-order valence-corrected chi connectivity index (χ4v) is 3.92. The third kappa shape index (κ3) is 3.05. The largest absolute Gasteiger partial charge is 0.324 e. The van der Waals surface area contributed by atoms with Gasteiger partial charge in [-0.1, -0.05) is 30.3 Å². The standard InChI is InChI=1S/C20H22FN3O/c21-17-7-5-15(6-8-17)13-24-14-16-3-1-2-4-18(16)23-19(25)20(24)9-11-22-12-10-20/h1-8,22H,9-14H2,(H,23,25). The van der Waals surface area contributed by atoms with Gasteiger partial charge in [0.1, 0.15) is 11.4 Å². The molecule has 2 aromatic rings. The van der Waals surface area contributed by atoms with E-state index < -0.39 is 5.54 Å². The lowest BCUT2D eigenvalue weighted by Crippen LogP contribution is -2.59. The van der Waals surface area contributed by atoms with Crippen molar-refractivity contribution < 1.29 is 9.18 Å². The highest BCUT2D eigenvalue weighted by Gasteiger charge is 2.46. The molecule has 2 aliphatic heterocycles. The molecular formula is C20H22FN3O. The monoisotopic (exact) mass is 339 g/mol. The Morgan fingerprint density at radius 1 is 1.04 bits per heavy atom. The van der Waals surface area contributed by atoms with Crippen molar-refractivity contribution in [3.05, 3.63) is 65.5 Å². The van der Waals surface area contributed by atoms with E-state index in [0.717, 1.165) is 42.7 Å². The molecule has 2 aliphatic rings. The molecule has 2 N–H and O–H groups in total. The molecular weight excluding hydrogens is 317 g/mol. The summed E-state index contributed by atoms with van der Waals surface area (Å²) in [6, 6.07) is 14.5. The van der Waals surface area contributed by atoms with E-state index in [2.05, 4.69) is 21.6 Å². The summed E-state index contributed by atoms with van der Waals surface area (Å²) < 4.78 is 13.3. The molecule has 1 amide bonds. The smallest absolute Gasteiger partial charge is 0.245 e. The van der Waals surface area contributed by atoms with Crippen LogP contribution in [0, 0.1) is 5.82 Å². The Morgan fingerprint density at radius 2 is 1.76 bits per heavy atom. The van der Waals surface area contributed by atoms with E-state index in [1.165, 1.54) is 12.1 Å². The third-order valence-corrected chi connectivity index (χ3v) is 5.37. The second-order valence-corrected chi connectivity index (χ2v) is 6.88. The van der Waals surface area contributed by atoms with Crippen molar-refractivity contribution in [3.8, 4) is 0 Å². The second-order valence-electron chi connectivity index (χ2n) is 6.88. The van der Waals surface area contributed by atoms with Gasteiger partial charge in [-0.15, -0.1) is 0 Å². The maximum Gasteiger partial charge on any atom is 0.245 e. The van der Waals surface area contributed by atoms with Gasteiger partial charge in [0.2, 0.25) is 5.91 Å². The summed E-state index contributed by atoms with van der Waals surface area (Å²) in [6.07, 6.45) is 1.54. The van der Waals surface area contributed by atoms with Crippen LogP contribution in [0.5, 0.6) is 0 Å². The van der Waals surface area contributed by atoms with E-state index in [9.17, 15) is 9.18 Å². The fraction of sp³-hybridized carbons (Fsp3) is 0.350. The average Bonchev–Trinajstić information content (AvgIpc) is 2.74. The van der Waals surface area contributed by atoms with Crippen molar-refractivity contribution in [1.29, 1.82) is 0 Å². The highest BCUT2D eigenvalue weighted by molar-refractivity contribution is 5.99. The molecule has 0 unspecified atom stereocenters. The second kappa shape index (κ2) is 6.58. The first-order chi connectivity index (χ1) is 12.2. The number of anilines is 1. The van der Waals surface area contributed by atoms with E-state index in [4.69, 9.17) is 0 Å². The first-order valence-electron chi connectivity index (χ1n) is 8.77.